The summed E-state index contributed by atoms with van der Waals surface area (Å²) < 4.78 is 43.0. The molecule has 3 N–H and O–H groups in total. The van der Waals surface area contributed by atoms with E-state index in [9.17, 15) is 18.0 Å². The van der Waals surface area contributed by atoms with Gasteiger partial charge in [0.15, 0.2) is 11.6 Å². The van der Waals surface area contributed by atoms with E-state index in [1.165, 1.54) is 16.8 Å². The molecule has 0 saturated carbocycles. The SMILES string of the molecule is Cn1nc(C2CCN(c3c(F)cncc3F)CC2)c(C(=O)Nc2ccc(F)c(Cl)c2)c1N. The van der Waals surface area contributed by atoms with Crippen molar-refractivity contribution < 1.29 is 18.0 Å². The van der Waals surface area contributed by atoms with Crippen molar-refractivity contribution in [3.8, 4) is 0 Å². The van der Waals surface area contributed by atoms with E-state index >= 15 is 0 Å². The first kappa shape index (κ1) is 21.9. The predicted molar refractivity (Wildman–Crippen MR) is 115 cm³/mol. The van der Waals surface area contributed by atoms with Crippen molar-refractivity contribution in [1.29, 1.82) is 0 Å². The number of piperidine rings is 1. The number of pyridine rings is 1. The van der Waals surface area contributed by atoms with Gasteiger partial charge in [-0.25, -0.2) is 13.2 Å². The van der Waals surface area contributed by atoms with E-state index in [-0.39, 0.29) is 28.0 Å². The standard InChI is InChI=1S/C21H20ClF3N6O/c1-30-20(26)17(21(32)28-12-2-3-14(23)13(22)8-12)18(29-30)11-4-6-31(7-5-11)19-15(24)9-27-10-16(19)25/h2-3,8-11H,4-7,26H2,1H3,(H,28,32). The third-order valence-corrected chi connectivity index (χ3v) is 5.84. The van der Waals surface area contributed by atoms with Crippen LogP contribution in [0.15, 0.2) is 30.6 Å². The molecule has 11 heteroatoms. The summed E-state index contributed by atoms with van der Waals surface area (Å²) in [6, 6.07) is 3.84. The molecule has 168 valence electrons. The zero-order valence-electron chi connectivity index (χ0n) is 17.1. The van der Waals surface area contributed by atoms with Crippen LogP contribution in [0, 0.1) is 17.5 Å². The van der Waals surface area contributed by atoms with E-state index in [4.69, 9.17) is 17.3 Å². The first-order valence-electron chi connectivity index (χ1n) is 9.89. The number of anilines is 3. The molecular weight excluding hydrogens is 445 g/mol. The van der Waals surface area contributed by atoms with Gasteiger partial charge in [0, 0.05) is 31.7 Å². The van der Waals surface area contributed by atoms with Gasteiger partial charge < -0.3 is 16.0 Å². The Morgan fingerprint density at radius 1 is 1.16 bits per heavy atom. The number of rotatable bonds is 4. The van der Waals surface area contributed by atoms with Gasteiger partial charge in [0.2, 0.25) is 0 Å². The maximum atomic E-state index is 14.1. The van der Waals surface area contributed by atoms with E-state index in [2.05, 4.69) is 15.4 Å². The second kappa shape index (κ2) is 8.70. The Labute approximate surface area is 187 Å². The number of benzene rings is 1. The number of halogens is 4. The van der Waals surface area contributed by atoms with E-state index in [1.807, 2.05) is 0 Å². The van der Waals surface area contributed by atoms with Crippen LogP contribution in [-0.2, 0) is 7.05 Å². The summed E-state index contributed by atoms with van der Waals surface area (Å²) in [6.07, 6.45) is 2.99. The first-order valence-corrected chi connectivity index (χ1v) is 10.3. The number of aromatic nitrogens is 3. The molecule has 0 radical (unpaired) electrons. The molecule has 1 aliphatic rings. The summed E-state index contributed by atoms with van der Waals surface area (Å²) in [6.45, 7) is 0.737. The van der Waals surface area contributed by atoms with Gasteiger partial charge in [-0.15, -0.1) is 0 Å². The Bertz CT molecular complexity index is 1160. The van der Waals surface area contributed by atoms with E-state index in [0.29, 0.717) is 37.3 Å². The quantitative estimate of drug-likeness (QED) is 0.606. The summed E-state index contributed by atoms with van der Waals surface area (Å²) in [5.41, 5.74) is 7.04. The van der Waals surface area contributed by atoms with E-state index in [1.54, 1.807) is 11.9 Å². The van der Waals surface area contributed by atoms with Gasteiger partial charge in [-0.1, -0.05) is 11.6 Å². The molecule has 1 amide bonds. The maximum Gasteiger partial charge on any atom is 0.261 e. The van der Waals surface area contributed by atoms with Crippen molar-refractivity contribution in [3.63, 3.8) is 0 Å². The number of hydrogen-bond donors (Lipinski definition) is 2. The van der Waals surface area contributed by atoms with Gasteiger partial charge >= 0.3 is 0 Å². The molecule has 7 nitrogen and oxygen atoms in total. The number of carbonyl (C=O) groups is 1. The lowest BCUT2D eigenvalue weighted by molar-refractivity contribution is 0.102. The van der Waals surface area contributed by atoms with Gasteiger partial charge in [-0.3, -0.25) is 14.5 Å². The first-order chi connectivity index (χ1) is 15.3. The fourth-order valence-corrected chi connectivity index (χ4v) is 4.11. The molecule has 1 aliphatic heterocycles. The van der Waals surface area contributed by atoms with Crippen LogP contribution in [0.4, 0.5) is 30.4 Å². The van der Waals surface area contributed by atoms with E-state index < -0.39 is 23.4 Å². The van der Waals surface area contributed by atoms with Crippen molar-refractivity contribution in [1.82, 2.24) is 14.8 Å². The monoisotopic (exact) mass is 464 g/mol. The van der Waals surface area contributed by atoms with Crippen LogP contribution in [0.2, 0.25) is 5.02 Å². The van der Waals surface area contributed by atoms with Crippen molar-refractivity contribution in [3.05, 3.63) is 64.3 Å². The van der Waals surface area contributed by atoms with Crippen LogP contribution in [0.5, 0.6) is 0 Å². The van der Waals surface area contributed by atoms with Crippen molar-refractivity contribution in [2.24, 2.45) is 7.05 Å². The molecule has 0 atom stereocenters. The highest BCUT2D eigenvalue weighted by atomic mass is 35.5. The molecule has 0 unspecified atom stereocenters. The summed E-state index contributed by atoms with van der Waals surface area (Å²) in [4.78, 5) is 18.1. The lowest BCUT2D eigenvalue weighted by Gasteiger charge is -2.33. The molecule has 1 fully saturated rings. The van der Waals surface area contributed by atoms with Gasteiger partial charge in [0.1, 0.15) is 22.9 Å². The Balaban J connectivity index is 1.54. The number of aryl methyl sites for hydroxylation is 1. The molecule has 1 aromatic carbocycles. The molecule has 0 spiro atoms. The van der Waals surface area contributed by atoms with E-state index in [0.717, 1.165) is 18.5 Å². The predicted octanol–water partition coefficient (Wildman–Crippen LogP) is 4.10. The minimum Gasteiger partial charge on any atom is -0.383 e. The minimum atomic E-state index is -0.719. The zero-order chi connectivity index (χ0) is 23.0. The number of nitrogens with zero attached hydrogens (tertiary/aromatic N) is 4. The van der Waals surface area contributed by atoms with Crippen molar-refractivity contribution in [2.75, 3.05) is 29.0 Å². The number of nitrogens with one attached hydrogen (secondary N) is 1. The fourth-order valence-electron chi connectivity index (χ4n) is 3.93. The topological polar surface area (TPSA) is 89.1 Å². The van der Waals surface area contributed by atoms with Crippen molar-refractivity contribution >= 4 is 34.7 Å². The maximum absolute atomic E-state index is 14.1. The summed E-state index contributed by atoms with van der Waals surface area (Å²) in [7, 11) is 1.63. The molecular formula is C21H20ClF3N6O. The third kappa shape index (κ3) is 4.10. The Morgan fingerprint density at radius 3 is 2.44 bits per heavy atom. The van der Waals surface area contributed by atoms with Crippen LogP contribution in [0.25, 0.3) is 0 Å². The van der Waals surface area contributed by atoms with Crippen LogP contribution < -0.4 is 16.0 Å². The van der Waals surface area contributed by atoms with Gasteiger partial charge in [-0.2, -0.15) is 5.10 Å². The molecule has 3 heterocycles. The van der Waals surface area contributed by atoms with Gasteiger partial charge in [-0.05, 0) is 31.0 Å². The largest absolute Gasteiger partial charge is 0.383 e. The molecule has 2 aromatic heterocycles. The third-order valence-electron chi connectivity index (χ3n) is 5.55. The van der Waals surface area contributed by atoms with Crippen LogP contribution >= 0.6 is 11.6 Å². The van der Waals surface area contributed by atoms with Gasteiger partial charge in [0.25, 0.3) is 5.91 Å². The second-order valence-electron chi connectivity index (χ2n) is 7.57. The lowest BCUT2D eigenvalue weighted by atomic mass is 9.90. The van der Waals surface area contributed by atoms with Gasteiger partial charge in [0.05, 0.1) is 23.1 Å². The van der Waals surface area contributed by atoms with Crippen LogP contribution in [0.3, 0.4) is 0 Å². The molecule has 0 bridgehead atoms. The number of nitrogen functional groups attached to an aromatic ring is 1. The summed E-state index contributed by atoms with van der Waals surface area (Å²) in [5.74, 6) is -2.49. The number of nitrogens with two attached hydrogens (primary N) is 1. The average Bonchev–Trinajstić information content (AvgIpc) is 3.05. The Kier molecular flexibility index (Phi) is 5.96. The molecule has 32 heavy (non-hydrogen) atoms. The summed E-state index contributed by atoms with van der Waals surface area (Å²) in [5, 5.41) is 6.98. The normalized spacial score (nSPS) is 14.6. The Hall–Kier alpha value is -3.27. The highest BCUT2D eigenvalue weighted by molar-refractivity contribution is 6.31. The number of carbonyl (C=O) groups excluding carboxylic acids is 1. The molecule has 0 aliphatic carbocycles. The molecule has 4 rings (SSSR count). The zero-order valence-corrected chi connectivity index (χ0v) is 17.8. The second-order valence-corrected chi connectivity index (χ2v) is 7.97. The molecule has 1 saturated heterocycles. The lowest BCUT2D eigenvalue weighted by Crippen LogP contribution is -2.34. The van der Waals surface area contributed by atoms with Crippen LogP contribution in [-0.4, -0.2) is 33.8 Å². The van der Waals surface area contributed by atoms with Crippen molar-refractivity contribution in [2.45, 2.75) is 18.8 Å². The smallest absolute Gasteiger partial charge is 0.261 e. The number of hydrogen-bond acceptors (Lipinski definition) is 5. The number of amides is 1. The highest BCUT2D eigenvalue weighted by Crippen LogP contribution is 2.35. The molecule has 3 aromatic rings. The van der Waals surface area contributed by atoms with Crippen LogP contribution in [0.1, 0.15) is 34.8 Å². The fraction of sp³-hybridized carbons (Fsp3) is 0.286. The average molecular weight is 465 g/mol. The Morgan fingerprint density at radius 2 is 1.81 bits per heavy atom. The summed E-state index contributed by atoms with van der Waals surface area (Å²) >= 11 is 5.79. The minimum absolute atomic E-state index is 0.106. The highest BCUT2D eigenvalue weighted by Gasteiger charge is 2.31.